The fourth-order valence-corrected chi connectivity index (χ4v) is 2.39. The molecule has 1 amide bonds. The van der Waals surface area contributed by atoms with Gasteiger partial charge in [-0.05, 0) is 41.3 Å². The fraction of sp³-hybridized carbons (Fsp3) is 0.188. The highest BCUT2D eigenvalue weighted by Crippen LogP contribution is 2.26. The van der Waals surface area contributed by atoms with Crippen LogP contribution in [0.5, 0.6) is 5.75 Å². The van der Waals surface area contributed by atoms with Crippen molar-refractivity contribution in [2.75, 3.05) is 13.7 Å². The lowest BCUT2D eigenvalue weighted by molar-refractivity contribution is 0.0946. The molecule has 3 heteroatoms. The molecule has 2 aromatic carbocycles. The van der Waals surface area contributed by atoms with E-state index in [2.05, 4.69) is 11.4 Å². The minimum atomic E-state index is 0.0301. The van der Waals surface area contributed by atoms with Gasteiger partial charge in [-0.1, -0.05) is 24.3 Å². The van der Waals surface area contributed by atoms with E-state index in [1.165, 1.54) is 0 Å². The van der Waals surface area contributed by atoms with Gasteiger partial charge >= 0.3 is 0 Å². The molecule has 1 N–H and O–H groups in total. The van der Waals surface area contributed by atoms with E-state index in [4.69, 9.17) is 4.74 Å². The van der Waals surface area contributed by atoms with Gasteiger partial charge in [0.25, 0.3) is 5.91 Å². The third-order valence-corrected chi connectivity index (χ3v) is 3.45. The molecule has 3 nitrogen and oxygen atoms in total. The third-order valence-electron chi connectivity index (χ3n) is 3.45. The van der Waals surface area contributed by atoms with E-state index in [1.807, 2.05) is 36.4 Å². The Balaban J connectivity index is 1.99. The molecule has 0 saturated heterocycles. The maximum absolute atomic E-state index is 11.7. The van der Waals surface area contributed by atoms with E-state index in [0.29, 0.717) is 0 Å². The van der Waals surface area contributed by atoms with Crippen molar-refractivity contribution < 1.29 is 9.53 Å². The van der Waals surface area contributed by atoms with Crippen LogP contribution >= 0.6 is 0 Å². The van der Waals surface area contributed by atoms with E-state index in [9.17, 15) is 4.79 Å². The highest BCUT2D eigenvalue weighted by Gasteiger charge is 2.16. The molecule has 1 aliphatic rings. The Morgan fingerprint density at radius 2 is 1.79 bits per heavy atom. The zero-order valence-corrected chi connectivity index (χ0v) is 10.8. The quantitative estimate of drug-likeness (QED) is 0.893. The molecule has 0 spiro atoms. The van der Waals surface area contributed by atoms with Crippen LogP contribution in [-0.4, -0.2) is 19.6 Å². The largest absolute Gasteiger partial charge is 0.497 e. The number of ether oxygens (including phenoxy) is 1. The molecule has 0 aromatic heterocycles. The number of hydrogen-bond acceptors (Lipinski definition) is 2. The molecule has 0 unspecified atom stereocenters. The second kappa shape index (κ2) is 4.76. The summed E-state index contributed by atoms with van der Waals surface area (Å²) in [5.74, 6) is 0.878. The Labute approximate surface area is 112 Å². The minimum absolute atomic E-state index is 0.0301. The van der Waals surface area contributed by atoms with Crippen molar-refractivity contribution in [3.05, 3.63) is 53.6 Å². The van der Waals surface area contributed by atoms with Gasteiger partial charge in [0.1, 0.15) is 5.75 Å². The first kappa shape index (κ1) is 11.8. The van der Waals surface area contributed by atoms with Crippen molar-refractivity contribution in [3.63, 3.8) is 0 Å². The Kier molecular flexibility index (Phi) is 2.95. The molecule has 3 rings (SSSR count). The molecule has 1 aliphatic heterocycles. The van der Waals surface area contributed by atoms with E-state index < -0.39 is 0 Å². The second-order valence-corrected chi connectivity index (χ2v) is 4.61. The molecular weight excluding hydrogens is 238 g/mol. The summed E-state index contributed by atoms with van der Waals surface area (Å²) in [6.45, 7) is 0.720. The molecule has 0 atom stereocenters. The lowest BCUT2D eigenvalue weighted by Crippen LogP contribution is -2.31. The SMILES string of the molecule is COc1ccc(-c2ccc3c(c2)CCNC3=O)cc1. The highest BCUT2D eigenvalue weighted by atomic mass is 16.5. The van der Waals surface area contributed by atoms with Gasteiger partial charge in [-0.15, -0.1) is 0 Å². The summed E-state index contributed by atoms with van der Waals surface area (Å²) in [5.41, 5.74) is 4.19. The van der Waals surface area contributed by atoms with Crippen LogP contribution in [0.15, 0.2) is 42.5 Å². The molecule has 0 fully saturated rings. The average molecular weight is 253 g/mol. The topological polar surface area (TPSA) is 38.3 Å². The Morgan fingerprint density at radius 1 is 1.05 bits per heavy atom. The van der Waals surface area contributed by atoms with Crippen molar-refractivity contribution in [1.82, 2.24) is 5.32 Å². The number of carbonyl (C=O) groups is 1. The Hall–Kier alpha value is -2.29. The molecular formula is C16H15NO2. The summed E-state index contributed by atoms with van der Waals surface area (Å²) in [6.07, 6.45) is 0.894. The number of fused-ring (bicyclic) bond motifs is 1. The zero-order valence-electron chi connectivity index (χ0n) is 10.8. The van der Waals surface area contributed by atoms with Gasteiger partial charge in [-0.3, -0.25) is 4.79 Å². The number of carbonyl (C=O) groups excluding carboxylic acids is 1. The van der Waals surface area contributed by atoms with Crippen LogP contribution in [0.2, 0.25) is 0 Å². The van der Waals surface area contributed by atoms with Gasteiger partial charge < -0.3 is 10.1 Å². The lowest BCUT2D eigenvalue weighted by atomic mass is 9.95. The zero-order chi connectivity index (χ0) is 13.2. The summed E-state index contributed by atoms with van der Waals surface area (Å²) in [6, 6.07) is 14.0. The smallest absolute Gasteiger partial charge is 0.251 e. The fourth-order valence-electron chi connectivity index (χ4n) is 2.39. The van der Waals surface area contributed by atoms with Gasteiger partial charge in [0.2, 0.25) is 0 Å². The number of methoxy groups -OCH3 is 1. The molecule has 0 saturated carbocycles. The van der Waals surface area contributed by atoms with E-state index >= 15 is 0 Å². The van der Waals surface area contributed by atoms with Gasteiger partial charge in [0.05, 0.1) is 7.11 Å². The summed E-state index contributed by atoms with van der Waals surface area (Å²) in [4.78, 5) is 11.7. The molecule has 19 heavy (non-hydrogen) atoms. The van der Waals surface area contributed by atoms with Crippen LogP contribution in [0.3, 0.4) is 0 Å². The minimum Gasteiger partial charge on any atom is -0.497 e. The maximum Gasteiger partial charge on any atom is 0.251 e. The van der Waals surface area contributed by atoms with Crippen molar-refractivity contribution in [2.45, 2.75) is 6.42 Å². The first-order chi connectivity index (χ1) is 9.28. The number of amides is 1. The summed E-state index contributed by atoms with van der Waals surface area (Å²) in [7, 11) is 1.66. The molecule has 0 aliphatic carbocycles. The predicted molar refractivity (Wildman–Crippen MR) is 74.5 cm³/mol. The van der Waals surface area contributed by atoms with E-state index in [0.717, 1.165) is 41.0 Å². The predicted octanol–water partition coefficient (Wildman–Crippen LogP) is 2.65. The van der Waals surface area contributed by atoms with E-state index in [1.54, 1.807) is 7.11 Å². The molecule has 0 radical (unpaired) electrons. The van der Waals surface area contributed by atoms with Crippen LogP contribution in [-0.2, 0) is 6.42 Å². The first-order valence-corrected chi connectivity index (χ1v) is 6.33. The van der Waals surface area contributed by atoms with Crippen LogP contribution in [0, 0.1) is 0 Å². The van der Waals surface area contributed by atoms with Gasteiger partial charge in [-0.2, -0.15) is 0 Å². The van der Waals surface area contributed by atoms with Crippen molar-refractivity contribution in [3.8, 4) is 16.9 Å². The summed E-state index contributed by atoms with van der Waals surface area (Å²) >= 11 is 0. The van der Waals surface area contributed by atoms with Crippen LogP contribution < -0.4 is 10.1 Å². The van der Waals surface area contributed by atoms with Crippen molar-refractivity contribution in [1.29, 1.82) is 0 Å². The van der Waals surface area contributed by atoms with Gasteiger partial charge in [0.15, 0.2) is 0 Å². The lowest BCUT2D eigenvalue weighted by Gasteiger charge is -2.17. The molecule has 2 aromatic rings. The number of nitrogens with one attached hydrogen (secondary N) is 1. The third kappa shape index (κ3) is 2.19. The molecule has 0 bridgehead atoms. The van der Waals surface area contributed by atoms with Crippen LogP contribution in [0.1, 0.15) is 15.9 Å². The van der Waals surface area contributed by atoms with E-state index in [-0.39, 0.29) is 5.91 Å². The molecule has 1 heterocycles. The van der Waals surface area contributed by atoms with Crippen LogP contribution in [0.4, 0.5) is 0 Å². The average Bonchev–Trinajstić information content (AvgIpc) is 2.47. The van der Waals surface area contributed by atoms with Crippen LogP contribution in [0.25, 0.3) is 11.1 Å². The Morgan fingerprint density at radius 3 is 2.53 bits per heavy atom. The summed E-state index contributed by atoms with van der Waals surface area (Å²) in [5, 5.41) is 2.86. The molecule has 96 valence electrons. The van der Waals surface area contributed by atoms with Crippen molar-refractivity contribution in [2.24, 2.45) is 0 Å². The number of benzene rings is 2. The van der Waals surface area contributed by atoms with Gasteiger partial charge in [0, 0.05) is 12.1 Å². The second-order valence-electron chi connectivity index (χ2n) is 4.61. The Bertz CT molecular complexity index is 617. The van der Waals surface area contributed by atoms with Gasteiger partial charge in [-0.25, -0.2) is 0 Å². The van der Waals surface area contributed by atoms with Crippen molar-refractivity contribution >= 4 is 5.91 Å². The highest BCUT2D eigenvalue weighted by molar-refractivity contribution is 5.97. The first-order valence-electron chi connectivity index (χ1n) is 6.33. The standard InChI is InChI=1S/C16H15NO2/c1-19-14-5-2-11(3-6-14)12-4-7-15-13(10-12)8-9-17-16(15)18/h2-7,10H,8-9H2,1H3,(H,17,18). The summed E-state index contributed by atoms with van der Waals surface area (Å²) < 4.78 is 5.16. The number of hydrogen-bond donors (Lipinski definition) is 1. The normalized spacial score (nSPS) is 13.6. The number of rotatable bonds is 2. The maximum atomic E-state index is 11.7. The monoisotopic (exact) mass is 253 g/mol.